The smallest absolute Gasteiger partial charge is 0.226 e. The zero-order chi connectivity index (χ0) is 20.8. The summed E-state index contributed by atoms with van der Waals surface area (Å²) in [7, 11) is 0. The molecule has 0 spiro atoms. The van der Waals surface area contributed by atoms with Gasteiger partial charge >= 0.3 is 0 Å². The summed E-state index contributed by atoms with van der Waals surface area (Å²) < 4.78 is 0. The van der Waals surface area contributed by atoms with Crippen LogP contribution in [-0.2, 0) is 11.3 Å². The number of amides is 1. The number of hydrogen-bond donors (Lipinski definition) is 0. The fourth-order valence-electron chi connectivity index (χ4n) is 5.25. The van der Waals surface area contributed by atoms with Crippen LogP contribution in [-0.4, -0.2) is 29.9 Å². The number of hydrogen-bond acceptors (Lipinski definition) is 2. The molecule has 2 aromatic carbocycles. The standard InChI is InChI=1S/C27H36N2O/c1-2-27(30)29(25-15-13-24(14-16-25)23-11-7-4-8-12-23)26-17-19-28(20-18-26)21-22-9-5-3-6-10-22/h3,5-6,9-10,13-16,23,26H,2,4,7-8,11-12,17-21H2,1H3. The second-order valence-corrected chi connectivity index (χ2v) is 9.04. The Morgan fingerprint density at radius 1 is 0.900 bits per heavy atom. The second-order valence-electron chi connectivity index (χ2n) is 9.04. The number of piperidine rings is 1. The molecule has 4 rings (SSSR count). The first-order valence-corrected chi connectivity index (χ1v) is 11.9. The van der Waals surface area contributed by atoms with E-state index < -0.39 is 0 Å². The lowest BCUT2D eigenvalue weighted by Gasteiger charge is -2.38. The third-order valence-electron chi connectivity index (χ3n) is 6.99. The molecule has 2 aliphatic rings. The van der Waals surface area contributed by atoms with E-state index in [1.54, 1.807) is 0 Å². The van der Waals surface area contributed by atoms with Crippen molar-refractivity contribution < 1.29 is 4.79 Å². The van der Waals surface area contributed by atoms with Crippen molar-refractivity contribution in [2.45, 2.75) is 76.8 Å². The average molecular weight is 405 g/mol. The van der Waals surface area contributed by atoms with Gasteiger partial charge in [-0.05, 0) is 54.9 Å². The van der Waals surface area contributed by atoms with E-state index in [2.05, 4.69) is 64.4 Å². The molecule has 0 N–H and O–H groups in total. The Labute approximate surface area is 182 Å². The predicted molar refractivity (Wildman–Crippen MR) is 125 cm³/mol. The Hall–Kier alpha value is -2.13. The van der Waals surface area contributed by atoms with E-state index in [1.165, 1.54) is 43.2 Å². The topological polar surface area (TPSA) is 23.6 Å². The van der Waals surface area contributed by atoms with Crippen LogP contribution in [0, 0.1) is 0 Å². The second kappa shape index (κ2) is 10.3. The lowest BCUT2D eigenvalue weighted by atomic mass is 9.84. The zero-order valence-corrected chi connectivity index (χ0v) is 18.4. The minimum atomic E-state index is 0.252. The van der Waals surface area contributed by atoms with Gasteiger partial charge in [-0.2, -0.15) is 0 Å². The van der Waals surface area contributed by atoms with Crippen LogP contribution in [0.4, 0.5) is 5.69 Å². The lowest BCUT2D eigenvalue weighted by molar-refractivity contribution is -0.119. The van der Waals surface area contributed by atoms with Crippen LogP contribution in [0.3, 0.4) is 0 Å². The molecule has 1 saturated heterocycles. The first-order valence-electron chi connectivity index (χ1n) is 11.9. The Kier molecular flexibility index (Phi) is 7.22. The molecule has 0 aromatic heterocycles. The third kappa shape index (κ3) is 5.13. The van der Waals surface area contributed by atoms with E-state index in [9.17, 15) is 4.79 Å². The van der Waals surface area contributed by atoms with E-state index in [0.717, 1.165) is 38.2 Å². The quantitative estimate of drug-likeness (QED) is 0.577. The summed E-state index contributed by atoms with van der Waals surface area (Å²) in [6.07, 6.45) is 9.38. The maximum atomic E-state index is 12.9. The van der Waals surface area contributed by atoms with Crippen molar-refractivity contribution >= 4 is 11.6 Å². The van der Waals surface area contributed by atoms with Gasteiger partial charge in [0.05, 0.1) is 0 Å². The van der Waals surface area contributed by atoms with Crippen molar-refractivity contribution in [2.75, 3.05) is 18.0 Å². The third-order valence-corrected chi connectivity index (χ3v) is 6.99. The molecule has 1 aliphatic carbocycles. The molecule has 0 unspecified atom stereocenters. The molecule has 3 nitrogen and oxygen atoms in total. The van der Waals surface area contributed by atoms with Crippen LogP contribution in [0.2, 0.25) is 0 Å². The van der Waals surface area contributed by atoms with E-state index >= 15 is 0 Å². The fraction of sp³-hybridized carbons (Fsp3) is 0.519. The van der Waals surface area contributed by atoms with Crippen molar-refractivity contribution in [3.63, 3.8) is 0 Å². The summed E-state index contributed by atoms with van der Waals surface area (Å²) in [4.78, 5) is 17.5. The number of rotatable bonds is 6. The van der Waals surface area contributed by atoms with Crippen molar-refractivity contribution in [1.82, 2.24) is 4.90 Å². The number of carbonyl (C=O) groups excluding carboxylic acids is 1. The van der Waals surface area contributed by atoms with E-state index in [-0.39, 0.29) is 5.91 Å². The summed E-state index contributed by atoms with van der Waals surface area (Å²) in [5.41, 5.74) is 3.92. The van der Waals surface area contributed by atoms with Gasteiger partial charge in [0.2, 0.25) is 5.91 Å². The number of likely N-dealkylation sites (tertiary alicyclic amines) is 1. The fourth-order valence-corrected chi connectivity index (χ4v) is 5.25. The molecule has 1 heterocycles. The Morgan fingerprint density at radius 2 is 1.57 bits per heavy atom. The SMILES string of the molecule is CCC(=O)N(c1ccc(C2CCCCC2)cc1)C1CCN(Cc2ccccc2)CC1. The van der Waals surface area contributed by atoms with Gasteiger partial charge in [-0.3, -0.25) is 9.69 Å². The molecule has 2 fully saturated rings. The van der Waals surface area contributed by atoms with Crippen LogP contribution in [0.1, 0.15) is 75.3 Å². The van der Waals surface area contributed by atoms with E-state index in [4.69, 9.17) is 0 Å². The minimum Gasteiger partial charge on any atom is -0.309 e. The normalized spacial score (nSPS) is 19.0. The minimum absolute atomic E-state index is 0.252. The summed E-state index contributed by atoms with van der Waals surface area (Å²) in [5, 5.41) is 0. The molecule has 2 aromatic rings. The van der Waals surface area contributed by atoms with Crippen LogP contribution in [0.15, 0.2) is 54.6 Å². The molecule has 160 valence electrons. The first kappa shape index (κ1) is 21.1. The first-order chi connectivity index (χ1) is 14.7. The zero-order valence-electron chi connectivity index (χ0n) is 18.4. The largest absolute Gasteiger partial charge is 0.309 e. The molecule has 1 amide bonds. The highest BCUT2D eigenvalue weighted by molar-refractivity contribution is 5.93. The van der Waals surface area contributed by atoms with Crippen molar-refractivity contribution in [3.8, 4) is 0 Å². The highest BCUT2D eigenvalue weighted by Gasteiger charge is 2.28. The molecule has 30 heavy (non-hydrogen) atoms. The van der Waals surface area contributed by atoms with Gasteiger partial charge in [-0.15, -0.1) is 0 Å². The molecule has 0 atom stereocenters. The summed E-state index contributed by atoms with van der Waals surface area (Å²) >= 11 is 0. The monoisotopic (exact) mass is 404 g/mol. The summed E-state index contributed by atoms with van der Waals surface area (Å²) in [6.45, 7) is 5.09. The number of nitrogens with zero attached hydrogens (tertiary/aromatic N) is 2. The van der Waals surface area contributed by atoms with Crippen LogP contribution >= 0.6 is 0 Å². The molecular weight excluding hydrogens is 368 g/mol. The predicted octanol–water partition coefficient (Wildman–Crippen LogP) is 6.14. The number of benzene rings is 2. The number of anilines is 1. The highest BCUT2D eigenvalue weighted by Crippen LogP contribution is 2.34. The van der Waals surface area contributed by atoms with Gasteiger partial charge in [0, 0.05) is 37.8 Å². The maximum absolute atomic E-state index is 12.9. The molecule has 0 radical (unpaired) electrons. The van der Waals surface area contributed by atoms with Gasteiger partial charge in [-0.1, -0.05) is 68.7 Å². The molecule has 1 saturated carbocycles. The molecule has 1 aliphatic heterocycles. The van der Waals surface area contributed by atoms with Gasteiger partial charge in [-0.25, -0.2) is 0 Å². The van der Waals surface area contributed by atoms with E-state index in [1.807, 2.05) is 6.92 Å². The Balaban J connectivity index is 1.41. The van der Waals surface area contributed by atoms with Gasteiger partial charge in [0.1, 0.15) is 0 Å². The average Bonchev–Trinajstić information content (AvgIpc) is 2.82. The molecular formula is C27H36N2O. The van der Waals surface area contributed by atoms with Crippen molar-refractivity contribution in [2.24, 2.45) is 0 Å². The van der Waals surface area contributed by atoms with Crippen molar-refractivity contribution in [1.29, 1.82) is 0 Å². The van der Waals surface area contributed by atoms with Crippen LogP contribution in [0.5, 0.6) is 0 Å². The maximum Gasteiger partial charge on any atom is 0.226 e. The van der Waals surface area contributed by atoms with Gasteiger partial charge in [0.15, 0.2) is 0 Å². The summed E-state index contributed by atoms with van der Waals surface area (Å²) in [5.74, 6) is 0.964. The Morgan fingerprint density at radius 3 is 2.20 bits per heavy atom. The number of carbonyl (C=O) groups is 1. The van der Waals surface area contributed by atoms with Gasteiger partial charge < -0.3 is 4.90 Å². The van der Waals surface area contributed by atoms with E-state index in [0.29, 0.717) is 18.4 Å². The highest BCUT2D eigenvalue weighted by atomic mass is 16.2. The van der Waals surface area contributed by atoms with Gasteiger partial charge in [0.25, 0.3) is 0 Å². The Bertz CT molecular complexity index is 787. The molecule has 0 bridgehead atoms. The molecule has 3 heteroatoms. The summed E-state index contributed by atoms with van der Waals surface area (Å²) in [6, 6.07) is 20.0. The van der Waals surface area contributed by atoms with Crippen molar-refractivity contribution in [3.05, 3.63) is 65.7 Å². The van der Waals surface area contributed by atoms with Crippen LogP contribution in [0.25, 0.3) is 0 Å². The van der Waals surface area contributed by atoms with Crippen LogP contribution < -0.4 is 4.90 Å². The lowest BCUT2D eigenvalue weighted by Crippen LogP contribution is -2.47.